The number of benzene rings is 1. The Hall–Kier alpha value is -2.35. The van der Waals surface area contributed by atoms with Gasteiger partial charge in [0.05, 0.1) is 16.3 Å². The van der Waals surface area contributed by atoms with Crippen molar-refractivity contribution in [3.8, 4) is 0 Å². The minimum atomic E-state index is -0.430. The molecule has 0 aliphatic carbocycles. The number of hydrogen-bond acceptors (Lipinski definition) is 4. The number of piperazine rings is 1. The third kappa shape index (κ3) is 5.62. The van der Waals surface area contributed by atoms with E-state index < -0.39 is 5.91 Å². The van der Waals surface area contributed by atoms with Gasteiger partial charge in [-0.25, -0.2) is 9.78 Å². The van der Waals surface area contributed by atoms with Crippen molar-refractivity contribution in [1.29, 1.82) is 0 Å². The van der Waals surface area contributed by atoms with E-state index >= 15 is 0 Å². The number of hydrogen-bond donors (Lipinski definition) is 2. The summed E-state index contributed by atoms with van der Waals surface area (Å²) in [5.74, 6) is -0.0832. The van der Waals surface area contributed by atoms with Gasteiger partial charge < -0.3 is 15.5 Å². The first kappa shape index (κ1) is 22.3. The highest BCUT2D eigenvalue weighted by Gasteiger charge is 2.28. The second-order valence-corrected chi connectivity index (χ2v) is 8.95. The SMILES string of the molecule is CC(C)(C)N1CCN(C(=O)Nc2ccc(Cl)cc2C(=O)Nc2ccc(Cl)cn2)CC1. The molecule has 1 aromatic carbocycles. The van der Waals surface area contributed by atoms with Crippen LogP contribution in [0.5, 0.6) is 0 Å². The maximum absolute atomic E-state index is 12.8. The molecular formula is C21H25Cl2N5O2. The summed E-state index contributed by atoms with van der Waals surface area (Å²) >= 11 is 11.9. The predicted molar refractivity (Wildman–Crippen MR) is 121 cm³/mol. The average molecular weight is 450 g/mol. The van der Waals surface area contributed by atoms with Crippen molar-refractivity contribution >= 4 is 46.6 Å². The monoisotopic (exact) mass is 449 g/mol. The Morgan fingerprint density at radius 2 is 1.63 bits per heavy atom. The van der Waals surface area contributed by atoms with E-state index in [1.165, 1.54) is 12.3 Å². The number of carbonyl (C=O) groups excluding carboxylic acids is 2. The Balaban J connectivity index is 1.70. The molecular weight excluding hydrogens is 425 g/mol. The molecule has 1 saturated heterocycles. The van der Waals surface area contributed by atoms with E-state index in [2.05, 4.69) is 41.3 Å². The second kappa shape index (κ2) is 9.20. The minimum absolute atomic E-state index is 0.0692. The molecule has 30 heavy (non-hydrogen) atoms. The Morgan fingerprint density at radius 1 is 0.967 bits per heavy atom. The van der Waals surface area contributed by atoms with Gasteiger partial charge in [0.2, 0.25) is 0 Å². The zero-order valence-corrected chi connectivity index (χ0v) is 18.7. The van der Waals surface area contributed by atoms with Crippen LogP contribution in [0.25, 0.3) is 0 Å². The summed E-state index contributed by atoms with van der Waals surface area (Å²) in [5.41, 5.74) is 0.703. The summed E-state index contributed by atoms with van der Waals surface area (Å²) in [6.45, 7) is 9.32. The van der Waals surface area contributed by atoms with Crippen molar-refractivity contribution in [2.75, 3.05) is 36.8 Å². The molecule has 1 aliphatic rings. The third-order valence-corrected chi connectivity index (χ3v) is 5.41. The molecule has 0 spiro atoms. The van der Waals surface area contributed by atoms with Crippen LogP contribution in [0.1, 0.15) is 31.1 Å². The van der Waals surface area contributed by atoms with Crippen LogP contribution in [0, 0.1) is 0 Å². The average Bonchev–Trinajstić information content (AvgIpc) is 2.70. The van der Waals surface area contributed by atoms with Gasteiger partial charge in [-0.2, -0.15) is 0 Å². The van der Waals surface area contributed by atoms with Crippen LogP contribution in [0.15, 0.2) is 36.5 Å². The molecule has 1 fully saturated rings. The molecule has 2 aromatic rings. The van der Waals surface area contributed by atoms with E-state index in [1.54, 1.807) is 29.2 Å². The van der Waals surface area contributed by atoms with E-state index in [9.17, 15) is 9.59 Å². The molecule has 1 aromatic heterocycles. The maximum Gasteiger partial charge on any atom is 0.321 e. The van der Waals surface area contributed by atoms with Crippen LogP contribution in [0.4, 0.5) is 16.3 Å². The number of aromatic nitrogens is 1. The number of nitrogens with one attached hydrogen (secondary N) is 2. The number of halogens is 2. The van der Waals surface area contributed by atoms with Gasteiger partial charge >= 0.3 is 6.03 Å². The third-order valence-electron chi connectivity index (χ3n) is 4.95. The first-order valence-corrected chi connectivity index (χ1v) is 10.4. The molecule has 2 N–H and O–H groups in total. The topological polar surface area (TPSA) is 77.6 Å². The summed E-state index contributed by atoms with van der Waals surface area (Å²) in [6, 6.07) is 7.74. The van der Waals surface area contributed by atoms with Crippen LogP contribution in [-0.2, 0) is 0 Å². The van der Waals surface area contributed by atoms with Crippen LogP contribution in [0.3, 0.4) is 0 Å². The molecule has 2 heterocycles. The predicted octanol–water partition coefficient (Wildman–Crippen LogP) is 4.59. The molecule has 9 heteroatoms. The van der Waals surface area contributed by atoms with E-state index in [-0.39, 0.29) is 17.1 Å². The summed E-state index contributed by atoms with van der Waals surface area (Å²) in [5, 5.41) is 6.39. The van der Waals surface area contributed by atoms with E-state index in [0.29, 0.717) is 34.6 Å². The Bertz CT molecular complexity index is 920. The highest BCUT2D eigenvalue weighted by Crippen LogP contribution is 2.23. The lowest BCUT2D eigenvalue weighted by atomic mass is 10.1. The van der Waals surface area contributed by atoms with Crippen molar-refractivity contribution in [3.05, 3.63) is 52.1 Å². The Morgan fingerprint density at radius 3 is 2.23 bits per heavy atom. The smallest absolute Gasteiger partial charge is 0.321 e. The van der Waals surface area contributed by atoms with E-state index in [0.717, 1.165) is 13.1 Å². The number of pyridine rings is 1. The maximum atomic E-state index is 12.8. The standard InChI is InChI=1S/C21H25Cl2N5O2/c1-21(2,3)28-10-8-27(9-11-28)20(30)25-17-6-4-14(22)12-16(17)19(29)26-18-7-5-15(23)13-24-18/h4-7,12-13H,8-11H2,1-3H3,(H,25,30)(H,24,26,29). The number of carbonyl (C=O) groups is 2. The molecule has 3 rings (SSSR count). The molecule has 0 saturated carbocycles. The van der Waals surface area contributed by atoms with Crippen LogP contribution < -0.4 is 10.6 Å². The fourth-order valence-electron chi connectivity index (χ4n) is 3.22. The number of rotatable bonds is 3. The lowest BCUT2D eigenvalue weighted by Gasteiger charge is -2.42. The Kier molecular flexibility index (Phi) is 6.85. The van der Waals surface area contributed by atoms with Gasteiger partial charge in [-0.1, -0.05) is 23.2 Å². The second-order valence-electron chi connectivity index (χ2n) is 8.08. The molecule has 1 aliphatic heterocycles. The summed E-state index contributed by atoms with van der Waals surface area (Å²) in [4.78, 5) is 33.7. The van der Waals surface area contributed by atoms with Gasteiger partial charge in [0.15, 0.2) is 0 Å². The highest BCUT2D eigenvalue weighted by molar-refractivity contribution is 6.31. The van der Waals surface area contributed by atoms with Gasteiger partial charge in [-0.3, -0.25) is 9.69 Å². The summed E-state index contributed by atoms with van der Waals surface area (Å²) < 4.78 is 0. The molecule has 7 nitrogen and oxygen atoms in total. The van der Waals surface area contributed by atoms with Crippen LogP contribution >= 0.6 is 23.2 Å². The minimum Gasteiger partial charge on any atom is -0.322 e. The van der Waals surface area contributed by atoms with E-state index in [1.807, 2.05) is 0 Å². The Labute approximate surface area is 186 Å². The fraction of sp³-hybridized carbons (Fsp3) is 0.381. The zero-order valence-electron chi connectivity index (χ0n) is 17.2. The van der Waals surface area contributed by atoms with Crippen molar-refractivity contribution < 1.29 is 9.59 Å². The number of urea groups is 1. The van der Waals surface area contributed by atoms with E-state index in [4.69, 9.17) is 23.2 Å². The summed E-state index contributed by atoms with van der Waals surface area (Å²) in [6.07, 6.45) is 1.44. The lowest BCUT2D eigenvalue weighted by Crippen LogP contribution is -2.55. The van der Waals surface area contributed by atoms with Crippen molar-refractivity contribution in [2.24, 2.45) is 0 Å². The van der Waals surface area contributed by atoms with Gasteiger partial charge in [-0.15, -0.1) is 0 Å². The molecule has 160 valence electrons. The molecule has 0 atom stereocenters. The largest absolute Gasteiger partial charge is 0.322 e. The first-order valence-electron chi connectivity index (χ1n) is 9.67. The van der Waals surface area contributed by atoms with Gasteiger partial charge in [0.25, 0.3) is 5.91 Å². The fourth-order valence-corrected chi connectivity index (χ4v) is 3.51. The normalized spacial score (nSPS) is 15.0. The van der Waals surface area contributed by atoms with Gasteiger partial charge in [0, 0.05) is 42.9 Å². The summed E-state index contributed by atoms with van der Waals surface area (Å²) in [7, 11) is 0. The lowest BCUT2D eigenvalue weighted by molar-refractivity contribution is 0.0774. The van der Waals surface area contributed by atoms with Crippen molar-refractivity contribution in [3.63, 3.8) is 0 Å². The molecule has 0 bridgehead atoms. The van der Waals surface area contributed by atoms with Gasteiger partial charge in [0.1, 0.15) is 5.82 Å². The quantitative estimate of drug-likeness (QED) is 0.717. The van der Waals surface area contributed by atoms with Crippen molar-refractivity contribution in [2.45, 2.75) is 26.3 Å². The first-order chi connectivity index (χ1) is 14.1. The number of amides is 3. The van der Waals surface area contributed by atoms with Crippen molar-refractivity contribution in [1.82, 2.24) is 14.8 Å². The molecule has 3 amide bonds. The van der Waals surface area contributed by atoms with Crippen LogP contribution in [-0.4, -0.2) is 58.4 Å². The number of nitrogens with zero attached hydrogens (tertiary/aromatic N) is 3. The van der Waals surface area contributed by atoms with Gasteiger partial charge in [-0.05, 0) is 51.1 Å². The highest BCUT2D eigenvalue weighted by atomic mass is 35.5. The van der Waals surface area contributed by atoms with Crippen LogP contribution in [0.2, 0.25) is 10.0 Å². The molecule has 0 unspecified atom stereocenters. The number of anilines is 2. The molecule has 0 radical (unpaired) electrons. The zero-order chi connectivity index (χ0) is 21.9.